The number of carboxylic acids is 1. The van der Waals surface area contributed by atoms with E-state index in [-0.39, 0.29) is 0 Å². The van der Waals surface area contributed by atoms with Crippen LogP contribution in [0.2, 0.25) is 10.0 Å². The number of aromatic nitrogens is 1. The van der Waals surface area contributed by atoms with Crippen molar-refractivity contribution in [1.29, 1.82) is 0 Å². The number of anilines is 2. The number of aryl methyl sites for hydroxylation is 1. The van der Waals surface area contributed by atoms with Crippen molar-refractivity contribution in [2.45, 2.75) is 25.9 Å². The van der Waals surface area contributed by atoms with Crippen LogP contribution in [-0.2, 0) is 9.59 Å². The summed E-state index contributed by atoms with van der Waals surface area (Å²) in [6.07, 6.45) is -0.479. The van der Waals surface area contributed by atoms with Gasteiger partial charge in [0.25, 0.3) is 5.91 Å². The molecule has 28 heavy (non-hydrogen) atoms. The number of rotatable bonds is 3. The number of carbonyl (C=O) groups excluding carboxylic acids is 1. The van der Waals surface area contributed by atoms with Crippen molar-refractivity contribution >= 4 is 67.5 Å². The van der Waals surface area contributed by atoms with E-state index in [1.807, 2.05) is 13.0 Å². The summed E-state index contributed by atoms with van der Waals surface area (Å²) in [4.78, 5) is 30.7. The molecule has 2 aromatic carbocycles. The Morgan fingerprint density at radius 2 is 2.07 bits per heavy atom. The summed E-state index contributed by atoms with van der Waals surface area (Å²) in [5.41, 5.74) is 0.262. The number of aliphatic carboxylic acids is 1. The molecule has 1 unspecified atom stereocenters. The SMILES string of the molecule is Cc1cccc2c1N(c1nc3c(Cl)c(Cl)ccc3s1)C(=O)C(C)(CC(=O)O)O2. The van der Waals surface area contributed by atoms with Gasteiger partial charge in [-0.15, -0.1) is 0 Å². The van der Waals surface area contributed by atoms with Gasteiger partial charge in [-0.1, -0.05) is 46.7 Å². The summed E-state index contributed by atoms with van der Waals surface area (Å²) in [6, 6.07) is 8.80. The number of halogens is 2. The van der Waals surface area contributed by atoms with Crippen LogP contribution in [0.4, 0.5) is 10.8 Å². The standard InChI is InChI=1S/C19H14Cl2N2O4S/c1-9-4-3-5-11-16(9)23(17(26)19(2,27-11)8-13(24)25)18-22-15-12(28-18)7-6-10(20)14(15)21/h3-7H,8H2,1-2H3,(H,24,25). The second kappa shape index (κ2) is 6.62. The third-order valence-corrected chi connectivity index (χ3v) is 6.34. The quantitative estimate of drug-likeness (QED) is 0.609. The van der Waals surface area contributed by atoms with Gasteiger partial charge in [0.05, 0.1) is 26.9 Å². The maximum absolute atomic E-state index is 13.4. The molecule has 9 heteroatoms. The molecule has 4 rings (SSSR count). The molecule has 144 valence electrons. The van der Waals surface area contributed by atoms with Crippen molar-refractivity contribution in [2.24, 2.45) is 0 Å². The predicted molar refractivity (Wildman–Crippen MR) is 109 cm³/mol. The fourth-order valence-corrected chi connectivity index (χ4v) is 4.62. The maximum Gasteiger partial charge on any atom is 0.307 e. The summed E-state index contributed by atoms with van der Waals surface area (Å²) in [7, 11) is 0. The molecule has 0 radical (unpaired) electrons. The number of nitrogens with zero attached hydrogens (tertiary/aromatic N) is 2. The lowest BCUT2D eigenvalue weighted by atomic mass is 9.96. The van der Waals surface area contributed by atoms with Crippen molar-refractivity contribution in [3.63, 3.8) is 0 Å². The van der Waals surface area contributed by atoms with E-state index in [1.165, 1.54) is 23.2 Å². The summed E-state index contributed by atoms with van der Waals surface area (Å²) in [5, 5.41) is 10.3. The minimum atomic E-state index is -1.56. The highest BCUT2D eigenvalue weighted by molar-refractivity contribution is 7.22. The largest absolute Gasteiger partial charge is 0.481 e. The van der Waals surface area contributed by atoms with Crippen LogP contribution >= 0.6 is 34.5 Å². The van der Waals surface area contributed by atoms with E-state index in [0.717, 1.165) is 10.3 Å². The molecule has 1 aliphatic heterocycles. The fraction of sp³-hybridized carbons (Fsp3) is 0.211. The summed E-state index contributed by atoms with van der Waals surface area (Å²) in [5.74, 6) is -1.21. The van der Waals surface area contributed by atoms with E-state index in [4.69, 9.17) is 27.9 Å². The van der Waals surface area contributed by atoms with Crippen molar-refractivity contribution < 1.29 is 19.4 Å². The Bertz CT molecular complexity index is 1150. The van der Waals surface area contributed by atoms with E-state index >= 15 is 0 Å². The van der Waals surface area contributed by atoms with Gasteiger partial charge in [0.15, 0.2) is 10.7 Å². The van der Waals surface area contributed by atoms with Crippen LogP contribution in [0.1, 0.15) is 18.9 Å². The molecule has 1 aliphatic rings. The van der Waals surface area contributed by atoms with Gasteiger partial charge in [-0.2, -0.15) is 0 Å². The van der Waals surface area contributed by atoms with Crippen LogP contribution in [0.15, 0.2) is 30.3 Å². The Morgan fingerprint density at radius 3 is 2.79 bits per heavy atom. The van der Waals surface area contributed by atoms with Gasteiger partial charge >= 0.3 is 5.97 Å². The maximum atomic E-state index is 13.4. The summed E-state index contributed by atoms with van der Waals surface area (Å²) in [6.45, 7) is 3.32. The number of thiazole rings is 1. The topological polar surface area (TPSA) is 79.7 Å². The van der Waals surface area contributed by atoms with E-state index < -0.39 is 23.9 Å². The first-order valence-corrected chi connectivity index (χ1v) is 9.88. The highest BCUT2D eigenvalue weighted by Crippen LogP contribution is 2.47. The Labute approximate surface area is 174 Å². The average Bonchev–Trinajstić information content (AvgIpc) is 3.04. The first kappa shape index (κ1) is 19.0. The second-order valence-electron chi connectivity index (χ2n) is 6.67. The number of amides is 1. The number of carbonyl (C=O) groups is 2. The molecule has 0 saturated heterocycles. The fourth-order valence-electron chi connectivity index (χ4n) is 3.23. The molecule has 0 aliphatic carbocycles. The monoisotopic (exact) mass is 436 g/mol. The molecule has 0 spiro atoms. The Balaban J connectivity index is 1.95. The van der Waals surface area contributed by atoms with Crippen molar-refractivity contribution in [3.05, 3.63) is 45.9 Å². The zero-order chi connectivity index (χ0) is 20.2. The summed E-state index contributed by atoms with van der Waals surface area (Å²) < 4.78 is 6.61. The minimum Gasteiger partial charge on any atom is -0.481 e. The van der Waals surface area contributed by atoms with Gasteiger partial charge in [-0.3, -0.25) is 9.59 Å². The van der Waals surface area contributed by atoms with Gasteiger partial charge in [-0.25, -0.2) is 9.88 Å². The third kappa shape index (κ3) is 2.90. The number of para-hydroxylation sites is 1. The number of hydrogen-bond acceptors (Lipinski definition) is 5. The first-order valence-electron chi connectivity index (χ1n) is 8.31. The van der Waals surface area contributed by atoms with Crippen LogP contribution in [-0.4, -0.2) is 27.6 Å². The molecule has 2 heterocycles. The van der Waals surface area contributed by atoms with Crippen LogP contribution in [0.5, 0.6) is 5.75 Å². The minimum absolute atomic E-state index is 0.306. The van der Waals surface area contributed by atoms with Gasteiger partial charge in [0.2, 0.25) is 0 Å². The van der Waals surface area contributed by atoms with Crippen molar-refractivity contribution in [2.75, 3.05) is 4.90 Å². The van der Waals surface area contributed by atoms with Gasteiger partial charge in [0, 0.05) is 0 Å². The number of fused-ring (bicyclic) bond motifs is 2. The molecule has 1 N–H and O–H groups in total. The molecule has 1 amide bonds. The van der Waals surface area contributed by atoms with E-state index in [1.54, 1.807) is 24.3 Å². The smallest absolute Gasteiger partial charge is 0.307 e. The Kier molecular flexibility index (Phi) is 4.49. The highest BCUT2D eigenvalue weighted by atomic mass is 35.5. The average molecular weight is 437 g/mol. The van der Waals surface area contributed by atoms with Gasteiger partial charge in [-0.05, 0) is 37.6 Å². The van der Waals surface area contributed by atoms with E-state index in [2.05, 4.69) is 4.98 Å². The number of carboxylic acid groups (broad SMARTS) is 1. The first-order chi connectivity index (χ1) is 13.2. The molecular formula is C19H14Cl2N2O4S. The summed E-state index contributed by atoms with van der Waals surface area (Å²) >= 11 is 13.6. The number of ether oxygens (including phenoxy) is 1. The van der Waals surface area contributed by atoms with Crippen LogP contribution in [0.3, 0.4) is 0 Å². The highest BCUT2D eigenvalue weighted by Gasteiger charge is 2.48. The molecular weight excluding hydrogens is 423 g/mol. The van der Waals surface area contributed by atoms with Crippen molar-refractivity contribution in [3.8, 4) is 5.75 Å². The number of benzene rings is 2. The molecule has 1 atom stereocenters. The second-order valence-corrected chi connectivity index (χ2v) is 8.46. The lowest BCUT2D eigenvalue weighted by Crippen LogP contribution is -2.54. The van der Waals surface area contributed by atoms with Crippen LogP contribution < -0.4 is 9.64 Å². The zero-order valence-electron chi connectivity index (χ0n) is 14.8. The van der Waals surface area contributed by atoms with E-state index in [0.29, 0.717) is 32.1 Å². The molecule has 0 saturated carbocycles. The lowest BCUT2D eigenvalue weighted by Gasteiger charge is -2.39. The Morgan fingerprint density at radius 1 is 1.32 bits per heavy atom. The number of hydrogen-bond donors (Lipinski definition) is 1. The zero-order valence-corrected chi connectivity index (χ0v) is 17.2. The normalized spacial score (nSPS) is 18.9. The van der Waals surface area contributed by atoms with E-state index in [9.17, 15) is 14.7 Å². The molecule has 6 nitrogen and oxygen atoms in total. The molecule has 0 fully saturated rings. The molecule has 0 bridgehead atoms. The van der Waals surface area contributed by atoms with Crippen LogP contribution in [0.25, 0.3) is 10.2 Å². The van der Waals surface area contributed by atoms with Crippen LogP contribution in [0, 0.1) is 6.92 Å². The van der Waals surface area contributed by atoms with Crippen molar-refractivity contribution in [1.82, 2.24) is 4.98 Å². The molecule has 3 aromatic rings. The van der Waals surface area contributed by atoms with Gasteiger partial charge in [0.1, 0.15) is 11.3 Å². The predicted octanol–water partition coefficient (Wildman–Crippen LogP) is 5.20. The Hall–Kier alpha value is -2.35. The molecule has 1 aromatic heterocycles. The lowest BCUT2D eigenvalue weighted by molar-refractivity contribution is -0.148. The third-order valence-electron chi connectivity index (χ3n) is 4.54. The van der Waals surface area contributed by atoms with Gasteiger partial charge < -0.3 is 9.84 Å².